The van der Waals surface area contributed by atoms with E-state index < -0.39 is 0 Å². The third-order valence-electron chi connectivity index (χ3n) is 0. The number of hydrogen-bond donors (Lipinski definition) is 0. The van der Waals surface area contributed by atoms with Crippen molar-refractivity contribution in [3.63, 3.8) is 0 Å². The summed E-state index contributed by atoms with van der Waals surface area (Å²) in [6.45, 7) is 0. The quantitative estimate of drug-likeness (QED) is 0.294. The number of hydrogen-bond acceptors (Lipinski definition) is 0. The molecule has 0 aromatic carbocycles. The molecule has 5 heavy (non-hydrogen) atoms. The summed E-state index contributed by atoms with van der Waals surface area (Å²) >= 11 is 0. The molecule has 0 atom stereocenters. The molecule has 1 radical (unpaired) electrons. The monoisotopic (exact) mass is 134 g/mol. The second-order valence-corrected chi connectivity index (χ2v) is 0. The van der Waals surface area contributed by atoms with Crippen LogP contribution in [0.5, 0.6) is 0 Å². The van der Waals surface area contributed by atoms with E-state index in [0.29, 0.717) is 0 Å². The van der Waals surface area contributed by atoms with Gasteiger partial charge in [0.15, 0.2) is 0 Å². The molecule has 0 heterocycles. The minimum absolute atomic E-state index is 0. The molecule has 0 saturated carbocycles. The fourth-order valence-electron chi connectivity index (χ4n) is 0. The van der Waals surface area contributed by atoms with Crippen molar-refractivity contribution in [2.24, 2.45) is 0 Å². The zero-order valence-corrected chi connectivity index (χ0v) is 11.3. The summed E-state index contributed by atoms with van der Waals surface area (Å²) in [5.74, 6) is 0. The van der Waals surface area contributed by atoms with Crippen LogP contribution in [0.3, 0.4) is 0 Å². The Bertz CT molecular complexity index is 6.85. The molecular formula is NNa3V. The van der Waals surface area contributed by atoms with Gasteiger partial charge in [0.25, 0.3) is 0 Å². The van der Waals surface area contributed by atoms with Gasteiger partial charge in [-0.05, 0) is 0 Å². The van der Waals surface area contributed by atoms with Crippen molar-refractivity contribution in [2.45, 2.75) is 0 Å². The molecule has 1 nitrogen and oxygen atoms in total. The molecule has 0 aromatic heterocycles. The molecule has 0 N–H and O–H groups in total. The first-order chi connectivity index (χ1) is 0. The Labute approximate surface area is 111 Å². The van der Waals surface area contributed by atoms with Gasteiger partial charge in [-0.1, -0.05) is 0 Å². The van der Waals surface area contributed by atoms with Gasteiger partial charge in [0.1, 0.15) is 0 Å². The number of nitrogens with zero attached hydrogens (tertiary/aromatic N) is 1. The van der Waals surface area contributed by atoms with Gasteiger partial charge in [-0.15, -0.1) is 0 Å². The van der Waals surface area contributed by atoms with Crippen molar-refractivity contribution in [3.05, 3.63) is 6.15 Å². The van der Waals surface area contributed by atoms with Crippen LogP contribution in [-0.2, 0) is 18.6 Å². The van der Waals surface area contributed by atoms with Gasteiger partial charge in [-0.2, -0.15) is 0 Å². The van der Waals surface area contributed by atoms with Crippen molar-refractivity contribution < 1.29 is 107 Å². The summed E-state index contributed by atoms with van der Waals surface area (Å²) in [4.78, 5) is 0. The van der Waals surface area contributed by atoms with Crippen LogP contribution in [0.25, 0.3) is 6.15 Å². The SMILES string of the molecule is [N-3].[Na+].[Na+].[Na+].[V]. The molecule has 5 heteroatoms. The Morgan fingerprint density at radius 3 is 0.600 bits per heavy atom. The van der Waals surface area contributed by atoms with Gasteiger partial charge >= 0.3 is 88.7 Å². The van der Waals surface area contributed by atoms with Crippen LogP contribution in [-0.4, -0.2) is 0 Å². The minimum atomic E-state index is 0. The summed E-state index contributed by atoms with van der Waals surface area (Å²) in [6, 6.07) is 0. The Morgan fingerprint density at radius 1 is 0.600 bits per heavy atom. The van der Waals surface area contributed by atoms with Crippen molar-refractivity contribution in [1.29, 1.82) is 0 Å². The molecule has 0 aliphatic rings. The van der Waals surface area contributed by atoms with Crippen molar-refractivity contribution in [3.8, 4) is 0 Å². The van der Waals surface area contributed by atoms with Gasteiger partial charge in [-0.3, -0.25) is 0 Å². The topological polar surface area (TPSA) is 30.5 Å². The third-order valence-corrected chi connectivity index (χ3v) is 0. The van der Waals surface area contributed by atoms with Crippen LogP contribution in [0, 0.1) is 0 Å². The molecule has 0 bridgehead atoms. The third kappa shape index (κ3) is 18.5. The molecule has 0 aliphatic carbocycles. The largest absolute Gasteiger partial charge is 3.00 e. The van der Waals surface area contributed by atoms with E-state index in [0.717, 1.165) is 0 Å². The van der Waals surface area contributed by atoms with Crippen LogP contribution >= 0.6 is 0 Å². The predicted octanol–water partition coefficient (Wildman–Crippen LogP) is -8.70. The van der Waals surface area contributed by atoms with Crippen LogP contribution in [0.4, 0.5) is 0 Å². The van der Waals surface area contributed by atoms with Gasteiger partial charge in [0.2, 0.25) is 0 Å². The molecule has 0 rings (SSSR count). The van der Waals surface area contributed by atoms with Crippen molar-refractivity contribution >= 4 is 0 Å². The average Bonchev–Trinajstić information content (AvgIpc) is 0. The average molecular weight is 134 g/mol. The van der Waals surface area contributed by atoms with Crippen LogP contribution in [0.2, 0.25) is 0 Å². The van der Waals surface area contributed by atoms with Crippen molar-refractivity contribution in [1.82, 2.24) is 0 Å². The fourth-order valence-corrected chi connectivity index (χ4v) is 0. The molecule has 0 amide bonds. The van der Waals surface area contributed by atoms with E-state index in [-0.39, 0.29) is 113 Å². The first-order valence-electron chi connectivity index (χ1n) is 0. The van der Waals surface area contributed by atoms with Gasteiger partial charge in [-0.25, -0.2) is 0 Å². The molecule has 0 spiro atoms. The maximum absolute atomic E-state index is 0. The Morgan fingerprint density at radius 2 is 0.600 bits per heavy atom. The second kappa shape index (κ2) is 25.7. The minimum Gasteiger partial charge on any atom is -3.00 e. The Kier molecular flexibility index (Phi) is 199. The standard InChI is InChI=1S/N.3Na.V/q-3;3*+1;. The first-order valence-corrected chi connectivity index (χ1v) is 0. The molecule has 0 unspecified atom stereocenters. The van der Waals surface area contributed by atoms with Crippen LogP contribution < -0.4 is 88.7 Å². The number of rotatable bonds is 0. The van der Waals surface area contributed by atoms with Crippen LogP contribution in [0.15, 0.2) is 0 Å². The smallest absolute Gasteiger partial charge is 1.00 e. The molecule has 0 aromatic rings. The summed E-state index contributed by atoms with van der Waals surface area (Å²) < 4.78 is 0. The maximum Gasteiger partial charge on any atom is 1.00 e. The second-order valence-electron chi connectivity index (χ2n) is 0. The van der Waals surface area contributed by atoms with E-state index in [1.807, 2.05) is 0 Å². The van der Waals surface area contributed by atoms with E-state index in [1.165, 1.54) is 0 Å². The Balaban J connectivity index is 0. The molecule has 0 fully saturated rings. The summed E-state index contributed by atoms with van der Waals surface area (Å²) in [7, 11) is 0. The van der Waals surface area contributed by atoms with Gasteiger partial charge in [0.05, 0.1) is 0 Å². The fraction of sp³-hybridized carbons (Fsp3) is 0. The van der Waals surface area contributed by atoms with E-state index >= 15 is 0 Å². The zero-order valence-electron chi connectivity index (χ0n) is 3.89. The molecule has 13 valence electrons. The van der Waals surface area contributed by atoms with Gasteiger partial charge < -0.3 is 6.15 Å². The van der Waals surface area contributed by atoms with Crippen LogP contribution in [0.1, 0.15) is 0 Å². The van der Waals surface area contributed by atoms with Crippen molar-refractivity contribution in [2.75, 3.05) is 0 Å². The molecule has 0 aliphatic heterocycles. The molecule has 0 saturated heterocycles. The predicted molar refractivity (Wildman–Crippen MR) is 3.36 cm³/mol. The summed E-state index contributed by atoms with van der Waals surface area (Å²) in [5, 5.41) is 0. The zero-order chi connectivity index (χ0) is 0. The summed E-state index contributed by atoms with van der Waals surface area (Å²) in [5.41, 5.74) is 0. The first kappa shape index (κ1) is 38.7. The van der Waals surface area contributed by atoms with E-state index in [2.05, 4.69) is 0 Å². The molecular weight excluding hydrogens is 134 g/mol. The Hall–Kier alpha value is 3.54. The van der Waals surface area contributed by atoms with E-state index in [9.17, 15) is 0 Å². The van der Waals surface area contributed by atoms with Gasteiger partial charge in [0, 0.05) is 18.6 Å². The van der Waals surface area contributed by atoms with E-state index in [1.54, 1.807) is 0 Å². The normalized spacial score (nSPS) is 0. The summed E-state index contributed by atoms with van der Waals surface area (Å²) in [6.07, 6.45) is 0. The maximum atomic E-state index is 0. The van der Waals surface area contributed by atoms with E-state index in [4.69, 9.17) is 0 Å².